The molecule has 7 heteroatoms. The van der Waals surface area contributed by atoms with E-state index in [-0.39, 0.29) is 11.5 Å². The third-order valence-corrected chi connectivity index (χ3v) is 7.07. The van der Waals surface area contributed by atoms with Gasteiger partial charge in [0, 0.05) is 28.8 Å². The van der Waals surface area contributed by atoms with Crippen LogP contribution in [0.25, 0.3) is 21.3 Å². The molecular weight excluding hydrogens is 438 g/mol. The van der Waals surface area contributed by atoms with Gasteiger partial charge in [-0.1, -0.05) is 59.8 Å². The van der Waals surface area contributed by atoms with Gasteiger partial charge in [-0.2, -0.15) is 0 Å². The van der Waals surface area contributed by atoms with E-state index in [4.69, 9.17) is 0 Å². The summed E-state index contributed by atoms with van der Waals surface area (Å²) in [6, 6.07) is 14.0. The van der Waals surface area contributed by atoms with Crippen molar-refractivity contribution in [3.05, 3.63) is 74.9 Å². The second-order valence-corrected chi connectivity index (χ2v) is 9.78. The number of thiophene rings is 1. The average Bonchev–Trinajstić information content (AvgIpc) is 3.19. The van der Waals surface area contributed by atoms with Crippen LogP contribution < -0.4 is 10.9 Å². The van der Waals surface area contributed by atoms with Gasteiger partial charge in [-0.05, 0) is 43.9 Å². The highest BCUT2D eigenvalue weighted by molar-refractivity contribution is 7.99. The maximum Gasteiger partial charge on any atom is 0.260 e. The van der Waals surface area contributed by atoms with Gasteiger partial charge in [-0.3, -0.25) is 9.59 Å². The first kappa shape index (κ1) is 22.3. The van der Waals surface area contributed by atoms with E-state index in [9.17, 15) is 9.59 Å². The van der Waals surface area contributed by atoms with E-state index in [0.717, 1.165) is 32.8 Å². The summed E-state index contributed by atoms with van der Waals surface area (Å²) in [7, 11) is 0. The highest BCUT2D eigenvalue weighted by atomic mass is 32.2. The van der Waals surface area contributed by atoms with E-state index in [2.05, 4.69) is 34.3 Å². The van der Waals surface area contributed by atoms with Gasteiger partial charge in [0.15, 0.2) is 5.16 Å². The van der Waals surface area contributed by atoms with Crippen LogP contribution in [0.3, 0.4) is 0 Å². The summed E-state index contributed by atoms with van der Waals surface area (Å²) in [5.41, 5.74) is 6.04. The Morgan fingerprint density at radius 2 is 1.84 bits per heavy atom. The molecule has 0 bridgehead atoms. The number of hydrogen-bond donors (Lipinski definition) is 2. The zero-order valence-electron chi connectivity index (χ0n) is 18.3. The Labute approximate surface area is 195 Å². The molecule has 2 aromatic heterocycles. The SMILES string of the molecule is Cc1cc(C)c(NC(=O)CCCSc2nc3scc(-c4ccccc4)c3c(=O)[nH]2)c(C)c1. The zero-order valence-corrected chi connectivity index (χ0v) is 20.0. The molecule has 0 spiro atoms. The number of aromatic amines is 1. The van der Waals surface area contributed by atoms with E-state index in [0.29, 0.717) is 29.1 Å². The number of carbonyl (C=O) groups excluding carboxylic acids is 1. The third-order valence-electron chi connectivity index (χ3n) is 5.24. The summed E-state index contributed by atoms with van der Waals surface area (Å²) in [5.74, 6) is 0.702. The molecule has 0 aliphatic rings. The molecule has 5 nitrogen and oxygen atoms in total. The van der Waals surface area contributed by atoms with Crippen molar-refractivity contribution in [2.24, 2.45) is 0 Å². The lowest BCUT2D eigenvalue weighted by Crippen LogP contribution is -2.14. The van der Waals surface area contributed by atoms with Crippen LogP contribution >= 0.6 is 23.1 Å². The number of thioether (sulfide) groups is 1. The topological polar surface area (TPSA) is 74.8 Å². The van der Waals surface area contributed by atoms with Crippen LogP contribution in [0.5, 0.6) is 0 Å². The summed E-state index contributed by atoms with van der Waals surface area (Å²) in [6.45, 7) is 6.08. The summed E-state index contributed by atoms with van der Waals surface area (Å²) >= 11 is 2.95. The van der Waals surface area contributed by atoms with Crippen LogP contribution in [0, 0.1) is 20.8 Å². The first-order valence-corrected chi connectivity index (χ1v) is 12.4. The molecule has 2 heterocycles. The number of benzene rings is 2. The standard InChI is InChI=1S/C25H25N3O2S2/c1-15-12-16(2)22(17(3)13-15)26-20(29)10-7-11-31-25-27-23(30)21-19(14-32-24(21)28-25)18-8-5-4-6-9-18/h4-6,8-9,12-14H,7,10-11H2,1-3H3,(H,26,29)(H,27,28,30). The van der Waals surface area contributed by atoms with Gasteiger partial charge in [0.05, 0.1) is 5.39 Å². The van der Waals surface area contributed by atoms with Gasteiger partial charge in [0.25, 0.3) is 5.56 Å². The second kappa shape index (κ2) is 9.71. The van der Waals surface area contributed by atoms with Crippen LogP contribution in [0.2, 0.25) is 0 Å². The molecule has 0 aliphatic heterocycles. The van der Waals surface area contributed by atoms with Crippen molar-refractivity contribution in [2.75, 3.05) is 11.1 Å². The molecule has 32 heavy (non-hydrogen) atoms. The molecule has 2 N–H and O–H groups in total. The fourth-order valence-electron chi connectivity index (χ4n) is 3.81. The smallest absolute Gasteiger partial charge is 0.260 e. The Kier molecular flexibility index (Phi) is 6.77. The molecule has 0 atom stereocenters. The van der Waals surface area contributed by atoms with Crippen molar-refractivity contribution in [1.29, 1.82) is 0 Å². The molecule has 4 aromatic rings. The number of H-pyrrole nitrogens is 1. The van der Waals surface area contributed by atoms with E-state index in [1.165, 1.54) is 28.7 Å². The summed E-state index contributed by atoms with van der Waals surface area (Å²) in [4.78, 5) is 33.4. The van der Waals surface area contributed by atoms with Crippen LogP contribution in [0.4, 0.5) is 5.69 Å². The molecule has 0 fully saturated rings. The molecule has 0 unspecified atom stereocenters. The van der Waals surface area contributed by atoms with Crippen molar-refractivity contribution in [2.45, 2.75) is 38.8 Å². The van der Waals surface area contributed by atoms with Gasteiger partial charge >= 0.3 is 0 Å². The Morgan fingerprint density at radius 3 is 2.56 bits per heavy atom. The normalized spacial score (nSPS) is 11.1. The van der Waals surface area contributed by atoms with Crippen LogP contribution in [-0.2, 0) is 4.79 Å². The lowest BCUT2D eigenvalue weighted by atomic mass is 10.0. The van der Waals surface area contributed by atoms with Gasteiger partial charge in [0.2, 0.25) is 5.91 Å². The fourth-order valence-corrected chi connectivity index (χ4v) is 5.62. The minimum absolute atomic E-state index is 0.00307. The Bertz CT molecular complexity index is 1300. The Morgan fingerprint density at radius 1 is 1.12 bits per heavy atom. The molecule has 164 valence electrons. The summed E-state index contributed by atoms with van der Waals surface area (Å²) < 4.78 is 0. The predicted molar refractivity (Wildman–Crippen MR) is 135 cm³/mol. The van der Waals surface area contributed by atoms with Gasteiger partial charge in [-0.25, -0.2) is 4.98 Å². The van der Waals surface area contributed by atoms with E-state index >= 15 is 0 Å². The highest BCUT2D eigenvalue weighted by Crippen LogP contribution is 2.31. The van der Waals surface area contributed by atoms with Crippen molar-refractivity contribution in [3.8, 4) is 11.1 Å². The maximum absolute atomic E-state index is 12.7. The van der Waals surface area contributed by atoms with Crippen molar-refractivity contribution in [1.82, 2.24) is 9.97 Å². The van der Waals surface area contributed by atoms with E-state index in [1.54, 1.807) is 0 Å². The largest absolute Gasteiger partial charge is 0.326 e. The van der Waals surface area contributed by atoms with E-state index in [1.807, 2.05) is 49.6 Å². The third kappa shape index (κ3) is 4.95. The first-order chi connectivity index (χ1) is 15.4. The molecular formula is C25H25N3O2S2. The zero-order chi connectivity index (χ0) is 22.7. The number of anilines is 1. The first-order valence-electron chi connectivity index (χ1n) is 10.5. The van der Waals surface area contributed by atoms with Gasteiger partial charge in [-0.15, -0.1) is 11.3 Å². The minimum Gasteiger partial charge on any atom is -0.326 e. The Balaban J connectivity index is 1.36. The second-order valence-electron chi connectivity index (χ2n) is 7.84. The molecule has 1 amide bonds. The number of nitrogens with one attached hydrogen (secondary N) is 2. The molecule has 2 aromatic carbocycles. The highest BCUT2D eigenvalue weighted by Gasteiger charge is 2.13. The number of nitrogens with zero attached hydrogens (tertiary/aromatic N) is 1. The van der Waals surface area contributed by atoms with Crippen LogP contribution in [0.15, 0.2) is 57.8 Å². The molecule has 0 saturated heterocycles. The van der Waals surface area contributed by atoms with Crippen molar-refractivity contribution < 1.29 is 4.79 Å². The number of aromatic nitrogens is 2. The lowest BCUT2D eigenvalue weighted by Gasteiger charge is -2.12. The van der Waals surface area contributed by atoms with Gasteiger partial charge < -0.3 is 10.3 Å². The van der Waals surface area contributed by atoms with Gasteiger partial charge in [0.1, 0.15) is 4.83 Å². The summed E-state index contributed by atoms with van der Waals surface area (Å²) in [6.07, 6.45) is 1.12. The molecule has 0 aliphatic carbocycles. The van der Waals surface area contributed by atoms with Crippen LogP contribution in [0.1, 0.15) is 29.5 Å². The average molecular weight is 464 g/mol. The Hall–Kier alpha value is -2.90. The predicted octanol–water partition coefficient (Wildman–Crippen LogP) is 6.09. The molecule has 4 rings (SSSR count). The number of rotatable bonds is 7. The number of aryl methyl sites for hydroxylation is 3. The monoisotopic (exact) mass is 463 g/mol. The van der Waals surface area contributed by atoms with E-state index < -0.39 is 0 Å². The lowest BCUT2D eigenvalue weighted by molar-refractivity contribution is -0.116. The molecule has 0 radical (unpaired) electrons. The number of fused-ring (bicyclic) bond motifs is 1. The molecule has 0 saturated carbocycles. The fraction of sp³-hybridized carbons (Fsp3) is 0.240. The minimum atomic E-state index is -0.124. The summed E-state index contributed by atoms with van der Waals surface area (Å²) in [5, 5.41) is 6.24. The van der Waals surface area contributed by atoms with Crippen molar-refractivity contribution >= 4 is 44.9 Å². The number of carbonyl (C=O) groups is 1. The van der Waals surface area contributed by atoms with Crippen LogP contribution in [-0.4, -0.2) is 21.6 Å². The number of amides is 1. The number of hydrogen-bond acceptors (Lipinski definition) is 5. The van der Waals surface area contributed by atoms with Crippen molar-refractivity contribution in [3.63, 3.8) is 0 Å². The quantitative estimate of drug-likeness (QED) is 0.198. The maximum atomic E-state index is 12.7.